The van der Waals surface area contributed by atoms with E-state index in [0.29, 0.717) is 18.0 Å². The van der Waals surface area contributed by atoms with Crippen LogP contribution in [-0.2, 0) is 24.2 Å². The van der Waals surface area contributed by atoms with Gasteiger partial charge in [0.05, 0.1) is 5.92 Å². The van der Waals surface area contributed by atoms with E-state index in [1.807, 2.05) is 37.4 Å². The van der Waals surface area contributed by atoms with E-state index in [-0.39, 0.29) is 17.7 Å². The molecule has 1 aromatic heterocycles. The Labute approximate surface area is 226 Å². The van der Waals surface area contributed by atoms with Gasteiger partial charge in [-0.15, -0.1) is 0 Å². The quantitative estimate of drug-likeness (QED) is 0.247. The van der Waals surface area contributed by atoms with Crippen molar-refractivity contribution in [3.05, 3.63) is 71.0 Å². The van der Waals surface area contributed by atoms with Crippen molar-refractivity contribution in [3.63, 3.8) is 0 Å². The van der Waals surface area contributed by atoms with Gasteiger partial charge in [-0.25, -0.2) is 4.98 Å². The third-order valence-corrected chi connectivity index (χ3v) is 7.67. The highest BCUT2D eigenvalue weighted by atomic mass is 16.4. The van der Waals surface area contributed by atoms with Gasteiger partial charge in [0, 0.05) is 24.0 Å². The molecule has 1 aliphatic rings. The number of aliphatic carboxylic acids is 1. The first-order valence-corrected chi connectivity index (χ1v) is 14.1. The first-order valence-electron chi connectivity index (χ1n) is 14.1. The zero-order valence-corrected chi connectivity index (χ0v) is 23.2. The van der Waals surface area contributed by atoms with Gasteiger partial charge < -0.3 is 15.0 Å². The molecule has 0 fully saturated rings. The Bertz CT molecular complexity index is 1280. The van der Waals surface area contributed by atoms with E-state index in [1.54, 1.807) is 0 Å². The van der Waals surface area contributed by atoms with Crippen molar-refractivity contribution in [2.75, 3.05) is 5.32 Å². The number of aromatic nitrogens is 2. The van der Waals surface area contributed by atoms with Gasteiger partial charge in [0.25, 0.3) is 5.91 Å². The zero-order chi connectivity index (χ0) is 27.2. The predicted octanol–water partition coefficient (Wildman–Crippen LogP) is 7.33. The number of hydrogen-bond acceptors (Lipinski definition) is 3. The highest BCUT2D eigenvalue weighted by Crippen LogP contribution is 2.41. The fraction of sp³-hybridized carbons (Fsp3) is 0.469. The second-order valence-corrected chi connectivity index (χ2v) is 11.0. The van der Waals surface area contributed by atoms with Gasteiger partial charge in [-0.2, -0.15) is 0 Å². The molecule has 2 unspecified atom stereocenters. The predicted molar refractivity (Wildman–Crippen MR) is 153 cm³/mol. The number of carbonyl (C=O) groups is 2. The minimum atomic E-state index is -0.716. The van der Waals surface area contributed by atoms with Crippen molar-refractivity contribution >= 4 is 17.6 Å². The van der Waals surface area contributed by atoms with Gasteiger partial charge >= 0.3 is 5.97 Å². The smallest absolute Gasteiger partial charge is 0.307 e. The Morgan fingerprint density at radius 2 is 1.92 bits per heavy atom. The monoisotopic (exact) mass is 515 g/mol. The Balaban J connectivity index is 1.63. The number of anilines is 1. The molecule has 2 atom stereocenters. The van der Waals surface area contributed by atoms with Crippen LogP contribution in [0.3, 0.4) is 0 Å². The van der Waals surface area contributed by atoms with E-state index in [1.165, 1.54) is 5.56 Å². The third-order valence-electron chi connectivity index (χ3n) is 7.67. The summed E-state index contributed by atoms with van der Waals surface area (Å²) in [6.07, 6.45) is 8.37. The highest BCUT2D eigenvalue weighted by Gasteiger charge is 2.33. The molecule has 0 saturated heterocycles. The van der Waals surface area contributed by atoms with Gasteiger partial charge in [0.15, 0.2) is 0 Å². The summed E-state index contributed by atoms with van der Waals surface area (Å²) in [5.41, 5.74) is 5.68. The van der Waals surface area contributed by atoms with E-state index in [0.717, 1.165) is 73.3 Å². The molecular weight excluding hydrogens is 474 g/mol. The van der Waals surface area contributed by atoms with Crippen LogP contribution >= 0.6 is 0 Å². The summed E-state index contributed by atoms with van der Waals surface area (Å²) < 4.78 is 2.10. The molecule has 1 aliphatic carbocycles. The molecule has 2 N–H and O–H groups in total. The average Bonchev–Trinajstić information content (AvgIpc) is 3.50. The van der Waals surface area contributed by atoms with Crippen molar-refractivity contribution in [1.82, 2.24) is 9.55 Å². The molecule has 0 saturated carbocycles. The summed E-state index contributed by atoms with van der Waals surface area (Å²) in [6.45, 7) is 9.27. The van der Waals surface area contributed by atoms with Crippen LogP contribution in [-0.4, -0.2) is 26.5 Å². The van der Waals surface area contributed by atoms with Crippen molar-refractivity contribution in [3.8, 4) is 11.4 Å². The number of nitrogens with zero attached hydrogens (tertiary/aromatic N) is 2. The first-order chi connectivity index (χ1) is 18.3. The average molecular weight is 516 g/mol. The Kier molecular flexibility index (Phi) is 9.03. The number of hydrogen-bond donors (Lipinski definition) is 2. The van der Waals surface area contributed by atoms with Gasteiger partial charge in [-0.05, 0) is 72.8 Å². The Morgan fingerprint density at radius 3 is 2.63 bits per heavy atom. The van der Waals surface area contributed by atoms with Gasteiger partial charge in [0.2, 0.25) is 0 Å². The van der Waals surface area contributed by atoms with E-state index in [2.05, 4.69) is 48.9 Å². The minimum absolute atomic E-state index is 0.0538. The first kappa shape index (κ1) is 27.6. The standard InChI is InChI=1S/C32H41N3O3/c1-5-7-10-17-35-20-29(31(36)34-28-12-9-8-11-23(28)18-21(3)4)33-30(35)24-14-15-26-22(19-24)13-16-27(26)25(6-2)32(37)38/h8-9,11-12,14-15,19-21,25,27H,5-7,10,13,16-18H2,1-4H3,(H,34,36)(H,37,38). The second-order valence-electron chi connectivity index (χ2n) is 11.0. The Hall–Kier alpha value is -3.41. The lowest BCUT2D eigenvalue weighted by molar-refractivity contribution is -0.142. The molecule has 0 bridgehead atoms. The normalized spacial score (nSPS) is 15.4. The van der Waals surface area contributed by atoms with E-state index < -0.39 is 5.97 Å². The van der Waals surface area contributed by atoms with Crippen molar-refractivity contribution in [2.45, 2.75) is 85.1 Å². The van der Waals surface area contributed by atoms with Crippen LogP contribution in [0.2, 0.25) is 0 Å². The highest BCUT2D eigenvalue weighted by molar-refractivity contribution is 6.03. The molecule has 3 aromatic rings. The maximum atomic E-state index is 13.3. The summed E-state index contributed by atoms with van der Waals surface area (Å²) in [6, 6.07) is 14.3. The molecule has 0 spiro atoms. The summed E-state index contributed by atoms with van der Waals surface area (Å²) >= 11 is 0. The number of amides is 1. The molecule has 6 heteroatoms. The van der Waals surface area contributed by atoms with E-state index in [9.17, 15) is 14.7 Å². The number of carbonyl (C=O) groups excluding carboxylic acids is 1. The number of unbranched alkanes of at least 4 members (excludes halogenated alkanes) is 2. The number of fused-ring (bicyclic) bond motifs is 1. The molecule has 38 heavy (non-hydrogen) atoms. The second kappa shape index (κ2) is 12.4. The molecule has 4 rings (SSSR count). The third kappa shape index (κ3) is 6.17. The number of rotatable bonds is 12. The summed E-state index contributed by atoms with van der Waals surface area (Å²) in [4.78, 5) is 30.0. The molecule has 1 amide bonds. The van der Waals surface area contributed by atoms with Crippen LogP contribution in [0, 0.1) is 11.8 Å². The zero-order valence-electron chi connectivity index (χ0n) is 23.2. The van der Waals surface area contributed by atoms with Gasteiger partial charge in [0.1, 0.15) is 11.5 Å². The summed E-state index contributed by atoms with van der Waals surface area (Å²) in [5.74, 6) is 0.0555. The maximum Gasteiger partial charge on any atom is 0.307 e. The number of imidazole rings is 1. The number of aryl methyl sites for hydroxylation is 2. The molecule has 202 valence electrons. The lowest BCUT2D eigenvalue weighted by atomic mass is 9.85. The summed E-state index contributed by atoms with van der Waals surface area (Å²) in [5, 5.41) is 12.8. The van der Waals surface area contributed by atoms with E-state index in [4.69, 9.17) is 4.98 Å². The lowest BCUT2D eigenvalue weighted by Gasteiger charge is -2.19. The molecule has 1 heterocycles. The van der Waals surface area contributed by atoms with Crippen LogP contribution in [0.25, 0.3) is 11.4 Å². The topological polar surface area (TPSA) is 84.2 Å². The van der Waals surface area contributed by atoms with Crippen LogP contribution in [0.5, 0.6) is 0 Å². The van der Waals surface area contributed by atoms with Crippen molar-refractivity contribution in [1.29, 1.82) is 0 Å². The maximum absolute atomic E-state index is 13.3. The molecule has 0 aliphatic heterocycles. The molecule has 2 aromatic carbocycles. The number of para-hydroxylation sites is 1. The number of nitrogens with one attached hydrogen (secondary N) is 1. The van der Waals surface area contributed by atoms with E-state index >= 15 is 0 Å². The molecular formula is C32H41N3O3. The summed E-state index contributed by atoms with van der Waals surface area (Å²) in [7, 11) is 0. The van der Waals surface area contributed by atoms with Crippen LogP contribution in [0.15, 0.2) is 48.7 Å². The van der Waals surface area contributed by atoms with Gasteiger partial charge in [-0.3, -0.25) is 9.59 Å². The van der Waals surface area contributed by atoms with Gasteiger partial charge in [-0.1, -0.05) is 70.9 Å². The molecule has 6 nitrogen and oxygen atoms in total. The van der Waals surface area contributed by atoms with Crippen molar-refractivity contribution in [2.24, 2.45) is 11.8 Å². The van der Waals surface area contributed by atoms with Crippen LogP contribution in [0.4, 0.5) is 5.69 Å². The SMILES string of the molecule is CCCCCn1cc(C(=O)Nc2ccccc2CC(C)C)nc1-c1ccc2c(c1)CCC2C(CC)C(=O)O. The minimum Gasteiger partial charge on any atom is -0.481 e. The number of carboxylic acids is 1. The van der Waals surface area contributed by atoms with Crippen LogP contribution < -0.4 is 5.32 Å². The fourth-order valence-electron chi connectivity index (χ4n) is 5.74. The fourth-order valence-corrected chi connectivity index (χ4v) is 5.74. The number of carboxylic acid groups (broad SMARTS) is 1. The molecule has 0 radical (unpaired) electrons. The Morgan fingerprint density at radius 1 is 1.13 bits per heavy atom. The number of benzene rings is 2. The van der Waals surface area contributed by atoms with Crippen molar-refractivity contribution < 1.29 is 14.7 Å². The lowest BCUT2D eigenvalue weighted by Crippen LogP contribution is -2.19. The van der Waals surface area contributed by atoms with Crippen LogP contribution in [0.1, 0.15) is 92.9 Å². The largest absolute Gasteiger partial charge is 0.481 e.